The number of sulfonamides is 1. The van der Waals surface area contributed by atoms with Gasteiger partial charge in [0.2, 0.25) is 10.0 Å². The fourth-order valence-electron chi connectivity index (χ4n) is 2.21. The van der Waals surface area contributed by atoms with Crippen LogP contribution in [0.1, 0.15) is 12.0 Å². The van der Waals surface area contributed by atoms with E-state index < -0.39 is 15.8 Å². The van der Waals surface area contributed by atoms with Gasteiger partial charge in [-0.15, -0.1) is 0 Å². The number of nitrogens with zero attached hydrogens (tertiary/aromatic N) is 1. The summed E-state index contributed by atoms with van der Waals surface area (Å²) in [5.74, 6) is 1.24. The number of rotatable bonds is 4. The summed E-state index contributed by atoms with van der Waals surface area (Å²) in [6.07, 6.45) is 0.834. The van der Waals surface area contributed by atoms with Crippen molar-refractivity contribution in [2.45, 2.75) is 17.9 Å². The van der Waals surface area contributed by atoms with Crippen LogP contribution in [-0.2, 0) is 16.6 Å². The highest BCUT2D eigenvalue weighted by molar-refractivity contribution is 7.99. The van der Waals surface area contributed by atoms with E-state index in [0.29, 0.717) is 25.2 Å². The molecule has 0 atom stereocenters. The maximum Gasteiger partial charge on any atom is 0.243 e. The van der Waals surface area contributed by atoms with Crippen molar-refractivity contribution in [1.82, 2.24) is 9.62 Å². The molecule has 0 spiro atoms. The van der Waals surface area contributed by atoms with Crippen LogP contribution in [0.2, 0.25) is 0 Å². The van der Waals surface area contributed by atoms with Crippen molar-refractivity contribution in [3.05, 3.63) is 29.6 Å². The fraction of sp³-hybridized carbons (Fsp3) is 0.538. The molecule has 0 saturated carbocycles. The van der Waals surface area contributed by atoms with E-state index >= 15 is 0 Å². The molecule has 0 amide bonds. The van der Waals surface area contributed by atoms with Gasteiger partial charge in [0.1, 0.15) is 5.82 Å². The first kappa shape index (κ1) is 15.8. The minimum Gasteiger partial charge on any atom is -0.316 e. The van der Waals surface area contributed by atoms with Gasteiger partial charge in [-0.2, -0.15) is 16.1 Å². The number of benzene rings is 1. The number of hydrogen-bond acceptors (Lipinski definition) is 4. The van der Waals surface area contributed by atoms with Gasteiger partial charge < -0.3 is 5.32 Å². The molecule has 112 valence electrons. The summed E-state index contributed by atoms with van der Waals surface area (Å²) >= 11 is 1.76. The predicted octanol–water partition coefficient (Wildman–Crippen LogP) is 1.67. The van der Waals surface area contributed by atoms with E-state index in [1.807, 2.05) is 0 Å². The second-order valence-corrected chi connectivity index (χ2v) is 7.78. The molecule has 0 radical (unpaired) electrons. The Kier molecular flexibility index (Phi) is 5.42. The zero-order valence-electron chi connectivity index (χ0n) is 11.4. The smallest absolute Gasteiger partial charge is 0.243 e. The van der Waals surface area contributed by atoms with E-state index in [1.165, 1.54) is 16.4 Å². The highest BCUT2D eigenvalue weighted by atomic mass is 32.2. The van der Waals surface area contributed by atoms with E-state index in [2.05, 4.69) is 5.32 Å². The standard InChI is InChI=1S/C13H19FN2O2S2/c1-15-10-11-3-4-12(14)9-13(11)20(17,18)16-5-2-7-19-8-6-16/h3-4,9,15H,2,5-8,10H2,1H3. The molecule has 7 heteroatoms. The summed E-state index contributed by atoms with van der Waals surface area (Å²) in [6, 6.07) is 3.95. The summed E-state index contributed by atoms with van der Waals surface area (Å²) < 4.78 is 40.4. The van der Waals surface area contributed by atoms with Gasteiger partial charge in [-0.05, 0) is 36.9 Å². The van der Waals surface area contributed by atoms with Gasteiger partial charge in [0.25, 0.3) is 0 Å². The van der Waals surface area contributed by atoms with E-state index in [9.17, 15) is 12.8 Å². The van der Waals surface area contributed by atoms with Crippen molar-refractivity contribution in [3.8, 4) is 0 Å². The lowest BCUT2D eigenvalue weighted by Gasteiger charge is -2.21. The molecule has 1 aromatic rings. The van der Waals surface area contributed by atoms with Crippen LogP contribution in [0.5, 0.6) is 0 Å². The topological polar surface area (TPSA) is 49.4 Å². The van der Waals surface area contributed by atoms with Crippen LogP contribution in [0.4, 0.5) is 4.39 Å². The maximum absolute atomic E-state index is 13.5. The van der Waals surface area contributed by atoms with Crippen LogP contribution >= 0.6 is 11.8 Å². The highest BCUT2D eigenvalue weighted by Crippen LogP contribution is 2.24. The van der Waals surface area contributed by atoms with Crippen molar-refractivity contribution in [1.29, 1.82) is 0 Å². The van der Waals surface area contributed by atoms with E-state index in [1.54, 1.807) is 18.8 Å². The summed E-state index contributed by atoms with van der Waals surface area (Å²) in [7, 11) is -1.88. The average Bonchev–Trinajstić information content (AvgIpc) is 2.70. The maximum atomic E-state index is 13.5. The molecule has 20 heavy (non-hydrogen) atoms. The first-order chi connectivity index (χ1) is 9.55. The summed E-state index contributed by atoms with van der Waals surface area (Å²) in [6.45, 7) is 1.39. The third kappa shape index (κ3) is 3.52. The van der Waals surface area contributed by atoms with Gasteiger partial charge in [0.15, 0.2) is 0 Å². The molecule has 1 aliphatic heterocycles. The number of nitrogens with one attached hydrogen (secondary N) is 1. The number of halogens is 1. The molecule has 1 heterocycles. The van der Waals surface area contributed by atoms with Crippen LogP contribution in [0.15, 0.2) is 23.1 Å². The normalized spacial score (nSPS) is 17.9. The zero-order chi connectivity index (χ0) is 14.6. The molecule has 1 N–H and O–H groups in total. The van der Waals surface area contributed by atoms with Crippen molar-refractivity contribution in [3.63, 3.8) is 0 Å². The second kappa shape index (κ2) is 6.89. The lowest BCUT2D eigenvalue weighted by atomic mass is 10.2. The van der Waals surface area contributed by atoms with Gasteiger partial charge in [0, 0.05) is 25.4 Å². The van der Waals surface area contributed by atoms with Crippen LogP contribution in [0.3, 0.4) is 0 Å². The number of hydrogen-bond donors (Lipinski definition) is 1. The summed E-state index contributed by atoms with van der Waals surface area (Å²) in [5, 5.41) is 2.92. The Morgan fingerprint density at radius 1 is 1.35 bits per heavy atom. The van der Waals surface area contributed by atoms with Gasteiger partial charge in [0.05, 0.1) is 4.90 Å². The van der Waals surface area contributed by atoms with E-state index in [-0.39, 0.29) is 4.90 Å². The molecule has 1 aliphatic rings. The van der Waals surface area contributed by atoms with Crippen molar-refractivity contribution < 1.29 is 12.8 Å². The Bertz CT molecular complexity index is 555. The third-order valence-corrected chi connectivity index (χ3v) is 6.22. The Labute approximate surface area is 123 Å². The Hall–Kier alpha value is -0.630. The molecular formula is C13H19FN2O2S2. The van der Waals surface area contributed by atoms with Crippen molar-refractivity contribution in [2.24, 2.45) is 0 Å². The largest absolute Gasteiger partial charge is 0.316 e. The minimum absolute atomic E-state index is 0.0822. The average molecular weight is 318 g/mol. The first-order valence-corrected chi connectivity index (χ1v) is 9.16. The monoisotopic (exact) mass is 318 g/mol. The lowest BCUT2D eigenvalue weighted by Crippen LogP contribution is -2.34. The van der Waals surface area contributed by atoms with Gasteiger partial charge in [-0.1, -0.05) is 6.07 Å². The lowest BCUT2D eigenvalue weighted by molar-refractivity contribution is 0.433. The molecular weight excluding hydrogens is 299 g/mol. The third-order valence-electron chi connectivity index (χ3n) is 3.20. The quantitative estimate of drug-likeness (QED) is 0.917. The van der Waals surface area contributed by atoms with E-state index in [4.69, 9.17) is 0 Å². The Morgan fingerprint density at radius 3 is 2.90 bits per heavy atom. The first-order valence-electron chi connectivity index (χ1n) is 6.56. The van der Waals surface area contributed by atoms with Crippen molar-refractivity contribution >= 4 is 21.8 Å². The van der Waals surface area contributed by atoms with Crippen LogP contribution < -0.4 is 5.32 Å². The molecule has 1 aromatic carbocycles. The van der Waals surface area contributed by atoms with Gasteiger partial charge in [-0.25, -0.2) is 12.8 Å². The summed E-state index contributed by atoms with van der Waals surface area (Å²) in [5.41, 5.74) is 0.603. The minimum atomic E-state index is -3.62. The second-order valence-electron chi connectivity index (χ2n) is 4.65. The molecule has 0 bridgehead atoms. The molecule has 1 saturated heterocycles. The fourth-order valence-corrected chi connectivity index (χ4v) is 4.92. The molecule has 0 aliphatic carbocycles. The van der Waals surface area contributed by atoms with Gasteiger partial charge in [-0.3, -0.25) is 0 Å². The van der Waals surface area contributed by atoms with Crippen molar-refractivity contribution in [2.75, 3.05) is 31.6 Å². The van der Waals surface area contributed by atoms with Crippen LogP contribution in [-0.4, -0.2) is 44.4 Å². The molecule has 0 aromatic heterocycles. The molecule has 2 rings (SSSR count). The zero-order valence-corrected chi connectivity index (χ0v) is 13.1. The molecule has 4 nitrogen and oxygen atoms in total. The van der Waals surface area contributed by atoms with Crippen LogP contribution in [0, 0.1) is 5.82 Å². The highest BCUT2D eigenvalue weighted by Gasteiger charge is 2.27. The van der Waals surface area contributed by atoms with E-state index in [0.717, 1.165) is 24.0 Å². The van der Waals surface area contributed by atoms with Crippen LogP contribution in [0.25, 0.3) is 0 Å². The van der Waals surface area contributed by atoms with Gasteiger partial charge >= 0.3 is 0 Å². The predicted molar refractivity (Wildman–Crippen MR) is 79.9 cm³/mol. The molecule has 1 fully saturated rings. The summed E-state index contributed by atoms with van der Waals surface area (Å²) in [4.78, 5) is 0.0822. The number of thioether (sulfide) groups is 1. The Balaban J connectivity index is 2.39. The molecule has 0 unspecified atom stereocenters. The SMILES string of the molecule is CNCc1ccc(F)cc1S(=O)(=O)N1CCCSCC1. The Morgan fingerprint density at radius 2 is 2.15 bits per heavy atom.